The van der Waals surface area contributed by atoms with Gasteiger partial charge in [-0.05, 0) is 0 Å². The Morgan fingerprint density at radius 2 is 1.73 bits per heavy atom. The van der Waals surface area contributed by atoms with Gasteiger partial charge in [-0.1, -0.05) is 0 Å². The monoisotopic (exact) mass is 218 g/mol. The third-order valence-electron chi connectivity index (χ3n) is 2.73. The number of rotatable bonds is 5. The van der Waals surface area contributed by atoms with E-state index in [1.54, 1.807) is 0 Å². The Morgan fingerprint density at radius 1 is 1.20 bits per heavy atom. The fourth-order valence-electron chi connectivity index (χ4n) is 1.71. The third-order valence-corrected chi connectivity index (χ3v) is 2.73. The Morgan fingerprint density at radius 3 is 2.20 bits per heavy atom. The second kappa shape index (κ2) is 6.74. The van der Waals surface area contributed by atoms with E-state index in [1.165, 1.54) is 7.11 Å². The molecular weight excluding hydrogens is 199 g/mol. The summed E-state index contributed by atoms with van der Waals surface area (Å²) in [6, 6.07) is 0. The molecule has 1 fully saturated rings. The van der Waals surface area contributed by atoms with E-state index in [9.17, 15) is 9.18 Å². The van der Waals surface area contributed by atoms with Crippen molar-refractivity contribution in [1.82, 2.24) is 9.80 Å². The highest BCUT2D eigenvalue weighted by molar-refractivity contribution is 5.69. The molecule has 0 unspecified atom stereocenters. The molecule has 4 nitrogen and oxygen atoms in total. The smallest absolute Gasteiger partial charge is 0.306 e. The van der Waals surface area contributed by atoms with Crippen LogP contribution in [0.25, 0.3) is 0 Å². The molecule has 0 aromatic carbocycles. The van der Waals surface area contributed by atoms with Crippen LogP contribution in [0.1, 0.15) is 6.42 Å². The lowest BCUT2D eigenvalue weighted by Gasteiger charge is -2.33. The molecule has 0 radical (unpaired) electrons. The number of alkyl halides is 1. The van der Waals surface area contributed by atoms with E-state index in [1.807, 2.05) is 0 Å². The molecule has 0 amide bonds. The highest BCUT2D eigenvalue weighted by Crippen LogP contribution is 2.02. The van der Waals surface area contributed by atoms with E-state index < -0.39 is 0 Å². The van der Waals surface area contributed by atoms with Crippen molar-refractivity contribution in [3.05, 3.63) is 0 Å². The summed E-state index contributed by atoms with van der Waals surface area (Å²) in [7, 11) is 1.40. The minimum atomic E-state index is -0.276. The predicted molar refractivity (Wildman–Crippen MR) is 55.5 cm³/mol. The summed E-state index contributed by atoms with van der Waals surface area (Å²) in [5, 5.41) is 0. The average molecular weight is 218 g/mol. The van der Waals surface area contributed by atoms with Gasteiger partial charge in [0, 0.05) is 39.3 Å². The standard InChI is InChI=1S/C10H19FN2O2/c1-15-10(14)2-4-12-6-8-13(5-3-11)9-7-12/h2-9H2,1H3. The van der Waals surface area contributed by atoms with Crippen LogP contribution in [0.4, 0.5) is 4.39 Å². The van der Waals surface area contributed by atoms with Gasteiger partial charge in [0.1, 0.15) is 6.67 Å². The Kier molecular flexibility index (Phi) is 5.57. The highest BCUT2D eigenvalue weighted by Gasteiger charge is 2.16. The predicted octanol–water partition coefficient (Wildman–Crippen LogP) is 0.137. The van der Waals surface area contributed by atoms with Gasteiger partial charge in [-0.3, -0.25) is 9.69 Å². The summed E-state index contributed by atoms with van der Waals surface area (Å²) in [6.07, 6.45) is 0.444. The summed E-state index contributed by atoms with van der Waals surface area (Å²) in [6.45, 7) is 4.62. The highest BCUT2D eigenvalue weighted by atomic mass is 19.1. The summed E-state index contributed by atoms with van der Waals surface area (Å²) >= 11 is 0. The van der Waals surface area contributed by atoms with Crippen molar-refractivity contribution in [2.75, 3.05) is 53.1 Å². The van der Waals surface area contributed by atoms with Crippen LogP contribution in [0, 0.1) is 0 Å². The molecule has 1 aliphatic rings. The van der Waals surface area contributed by atoms with Crippen molar-refractivity contribution in [2.24, 2.45) is 0 Å². The zero-order chi connectivity index (χ0) is 11.1. The van der Waals surface area contributed by atoms with Gasteiger partial charge < -0.3 is 9.64 Å². The fourth-order valence-corrected chi connectivity index (χ4v) is 1.71. The van der Waals surface area contributed by atoms with Crippen molar-refractivity contribution in [1.29, 1.82) is 0 Å². The number of carbonyl (C=O) groups excluding carboxylic acids is 1. The largest absolute Gasteiger partial charge is 0.469 e. The molecule has 0 spiro atoms. The number of hydrogen-bond donors (Lipinski definition) is 0. The second-order valence-electron chi connectivity index (χ2n) is 3.70. The second-order valence-corrected chi connectivity index (χ2v) is 3.70. The van der Waals surface area contributed by atoms with Gasteiger partial charge in [0.25, 0.3) is 0 Å². The zero-order valence-corrected chi connectivity index (χ0v) is 9.25. The van der Waals surface area contributed by atoms with E-state index in [0.717, 1.165) is 32.7 Å². The molecule has 88 valence electrons. The lowest BCUT2D eigenvalue weighted by molar-refractivity contribution is -0.141. The van der Waals surface area contributed by atoms with Crippen molar-refractivity contribution >= 4 is 5.97 Å². The third kappa shape index (κ3) is 4.57. The lowest BCUT2D eigenvalue weighted by atomic mass is 10.3. The van der Waals surface area contributed by atoms with Crippen LogP contribution in [-0.2, 0) is 9.53 Å². The molecule has 0 N–H and O–H groups in total. The van der Waals surface area contributed by atoms with Gasteiger partial charge in [-0.25, -0.2) is 4.39 Å². The van der Waals surface area contributed by atoms with Gasteiger partial charge in [-0.15, -0.1) is 0 Å². The average Bonchev–Trinajstić information content (AvgIpc) is 2.28. The van der Waals surface area contributed by atoms with Gasteiger partial charge in [0.15, 0.2) is 0 Å². The van der Waals surface area contributed by atoms with Crippen LogP contribution in [0.5, 0.6) is 0 Å². The number of methoxy groups -OCH3 is 1. The Bertz CT molecular complexity index is 194. The number of esters is 1. The molecule has 1 aliphatic heterocycles. The van der Waals surface area contributed by atoms with Gasteiger partial charge >= 0.3 is 5.97 Å². The zero-order valence-electron chi connectivity index (χ0n) is 9.25. The number of hydrogen-bond acceptors (Lipinski definition) is 4. The molecule has 0 aromatic rings. The Balaban J connectivity index is 2.12. The van der Waals surface area contributed by atoms with Crippen molar-refractivity contribution in [3.8, 4) is 0 Å². The molecule has 15 heavy (non-hydrogen) atoms. The Hall–Kier alpha value is -0.680. The Labute approximate surface area is 90.0 Å². The number of piperazine rings is 1. The van der Waals surface area contributed by atoms with Gasteiger partial charge in [0.05, 0.1) is 13.5 Å². The summed E-state index contributed by atoms with van der Waals surface area (Å²) in [4.78, 5) is 15.2. The van der Waals surface area contributed by atoms with E-state index >= 15 is 0 Å². The van der Waals surface area contributed by atoms with Crippen molar-refractivity contribution in [3.63, 3.8) is 0 Å². The van der Waals surface area contributed by atoms with Gasteiger partial charge in [-0.2, -0.15) is 0 Å². The first-order valence-corrected chi connectivity index (χ1v) is 5.33. The summed E-state index contributed by atoms with van der Waals surface area (Å²) in [5.74, 6) is -0.166. The van der Waals surface area contributed by atoms with E-state index in [0.29, 0.717) is 13.0 Å². The molecule has 0 aromatic heterocycles. The maximum Gasteiger partial charge on any atom is 0.306 e. The summed E-state index contributed by atoms with van der Waals surface area (Å²) in [5.41, 5.74) is 0. The maximum absolute atomic E-state index is 12.1. The number of nitrogens with zero attached hydrogens (tertiary/aromatic N) is 2. The van der Waals surface area contributed by atoms with Crippen LogP contribution in [0.2, 0.25) is 0 Å². The molecule has 1 heterocycles. The van der Waals surface area contributed by atoms with Gasteiger partial charge in [0.2, 0.25) is 0 Å². The van der Waals surface area contributed by atoms with Crippen LogP contribution >= 0.6 is 0 Å². The first-order valence-electron chi connectivity index (χ1n) is 5.33. The normalized spacial score (nSPS) is 19.1. The molecule has 0 atom stereocenters. The van der Waals surface area contributed by atoms with Crippen LogP contribution < -0.4 is 0 Å². The minimum Gasteiger partial charge on any atom is -0.469 e. The van der Waals surface area contributed by atoms with E-state index in [-0.39, 0.29) is 12.6 Å². The van der Waals surface area contributed by atoms with Crippen molar-refractivity contribution < 1.29 is 13.9 Å². The van der Waals surface area contributed by atoms with Crippen molar-refractivity contribution in [2.45, 2.75) is 6.42 Å². The first kappa shape index (κ1) is 12.4. The van der Waals surface area contributed by atoms with E-state index in [2.05, 4.69) is 14.5 Å². The van der Waals surface area contributed by atoms with Crippen LogP contribution in [-0.4, -0.2) is 68.8 Å². The number of carbonyl (C=O) groups is 1. The quantitative estimate of drug-likeness (QED) is 0.614. The molecular formula is C10H19FN2O2. The SMILES string of the molecule is COC(=O)CCN1CCN(CCF)CC1. The molecule has 0 aliphatic carbocycles. The molecule has 1 rings (SSSR count). The first-order chi connectivity index (χ1) is 7.26. The van der Waals surface area contributed by atoms with Crippen LogP contribution in [0.3, 0.4) is 0 Å². The minimum absolute atomic E-state index is 0.166. The fraction of sp³-hybridized carbons (Fsp3) is 0.900. The number of ether oxygens (including phenoxy) is 1. The molecule has 1 saturated heterocycles. The van der Waals surface area contributed by atoms with Crippen LogP contribution in [0.15, 0.2) is 0 Å². The molecule has 0 bridgehead atoms. The number of halogens is 1. The topological polar surface area (TPSA) is 32.8 Å². The summed E-state index contributed by atoms with van der Waals surface area (Å²) < 4.78 is 16.6. The van der Waals surface area contributed by atoms with E-state index in [4.69, 9.17) is 0 Å². The maximum atomic E-state index is 12.1. The molecule has 0 saturated carbocycles. The molecule has 5 heteroatoms. The lowest BCUT2D eigenvalue weighted by Crippen LogP contribution is -2.47.